The van der Waals surface area contributed by atoms with Crippen molar-refractivity contribution in [3.05, 3.63) is 194 Å². The molecule has 0 spiro atoms. The summed E-state index contributed by atoms with van der Waals surface area (Å²) in [5.41, 5.74) is 13.0. The number of rotatable bonds is 5. The predicted molar refractivity (Wildman–Crippen MR) is 252 cm³/mol. The summed E-state index contributed by atoms with van der Waals surface area (Å²) in [6.07, 6.45) is 8.52. The van der Waals surface area contributed by atoms with Crippen molar-refractivity contribution in [2.45, 2.75) is 52.4 Å². The van der Waals surface area contributed by atoms with Crippen LogP contribution in [0.5, 0.6) is 0 Å². The number of benzene rings is 6. The van der Waals surface area contributed by atoms with Crippen LogP contribution in [-0.4, -0.2) is 15.9 Å². The molecule has 2 heterocycles. The second-order valence-corrected chi connectivity index (χ2v) is 18.6. The van der Waals surface area contributed by atoms with Gasteiger partial charge in [-0.25, -0.2) is 4.98 Å². The summed E-state index contributed by atoms with van der Waals surface area (Å²) >= 11 is 10.6. The highest BCUT2D eigenvalue weighted by Gasteiger charge is 2.17. The van der Waals surface area contributed by atoms with E-state index in [4.69, 9.17) is 0 Å². The van der Waals surface area contributed by atoms with Crippen LogP contribution in [-0.2, 0) is 10.8 Å². The minimum Gasteiger partial charge on any atom is -0.306 e. The SMILES string of the molecule is CC(C)(C)c1cc(Br)cc(-n2cnc(-c3ccc(-c4ccccc4)cc3)c2)c1.CC(C)(C)c1cc(Br)cc(Br)c1.[C+]1=NC(c2ccc(-c3ccccc3)cc2)=CN1. The van der Waals surface area contributed by atoms with Crippen molar-refractivity contribution in [2.75, 3.05) is 0 Å². The van der Waals surface area contributed by atoms with E-state index in [0.717, 1.165) is 41.6 Å². The fraction of sp³-hybridized carbons (Fsp3) is 0.160. The van der Waals surface area contributed by atoms with Crippen LogP contribution in [0.4, 0.5) is 0 Å². The molecule has 1 N–H and O–H groups in total. The molecule has 0 amide bonds. The molecular formula is C50H46Br3N4+. The van der Waals surface area contributed by atoms with E-state index in [1.165, 1.54) is 33.4 Å². The second-order valence-electron chi connectivity index (χ2n) is 15.8. The predicted octanol–water partition coefficient (Wildman–Crippen LogP) is 14.9. The highest BCUT2D eigenvalue weighted by atomic mass is 79.9. The molecule has 7 heteroatoms. The van der Waals surface area contributed by atoms with Crippen LogP contribution in [0.1, 0.15) is 58.2 Å². The maximum Gasteiger partial charge on any atom is 0.253 e. The van der Waals surface area contributed by atoms with E-state index in [0.29, 0.717) is 0 Å². The summed E-state index contributed by atoms with van der Waals surface area (Å²) in [5.74, 6) is 0. The fourth-order valence-electron chi connectivity index (χ4n) is 6.06. The first-order valence-electron chi connectivity index (χ1n) is 18.8. The van der Waals surface area contributed by atoms with Crippen LogP contribution in [0.2, 0.25) is 0 Å². The smallest absolute Gasteiger partial charge is 0.253 e. The number of halogens is 3. The first kappa shape index (κ1) is 41.7. The number of hydrogen-bond acceptors (Lipinski definition) is 3. The zero-order valence-corrected chi connectivity index (χ0v) is 37.8. The molecule has 0 unspecified atom stereocenters. The highest BCUT2D eigenvalue weighted by molar-refractivity contribution is 9.11. The Kier molecular flexibility index (Phi) is 13.6. The van der Waals surface area contributed by atoms with E-state index in [1.54, 1.807) is 0 Å². The Balaban J connectivity index is 0.000000160. The van der Waals surface area contributed by atoms with E-state index < -0.39 is 0 Å². The monoisotopic (exact) mass is 939 g/mol. The minimum atomic E-state index is 0.0925. The van der Waals surface area contributed by atoms with Gasteiger partial charge < -0.3 is 4.57 Å². The Hall–Kier alpha value is -4.91. The molecule has 0 aliphatic carbocycles. The number of hydrogen-bond donors (Lipinski definition) is 1. The summed E-state index contributed by atoms with van der Waals surface area (Å²) in [4.78, 5) is 8.74. The van der Waals surface area contributed by atoms with Crippen LogP contribution in [0.15, 0.2) is 183 Å². The molecule has 286 valence electrons. The highest BCUT2D eigenvalue weighted by Crippen LogP contribution is 2.31. The Morgan fingerprint density at radius 2 is 0.947 bits per heavy atom. The average Bonchev–Trinajstić information content (AvgIpc) is 3.92. The zero-order valence-electron chi connectivity index (χ0n) is 33.1. The Morgan fingerprint density at radius 1 is 0.509 bits per heavy atom. The van der Waals surface area contributed by atoms with Gasteiger partial charge in [0.05, 0.1) is 17.6 Å². The molecule has 0 fully saturated rings. The molecule has 57 heavy (non-hydrogen) atoms. The van der Waals surface area contributed by atoms with Gasteiger partial charge in [-0.05, 0) is 97.7 Å². The second kappa shape index (κ2) is 18.6. The zero-order chi connectivity index (χ0) is 40.6. The van der Waals surface area contributed by atoms with Crippen LogP contribution >= 0.6 is 47.8 Å². The van der Waals surface area contributed by atoms with Crippen molar-refractivity contribution in [3.63, 3.8) is 0 Å². The lowest BCUT2D eigenvalue weighted by Crippen LogP contribution is -2.11. The van der Waals surface area contributed by atoms with Gasteiger partial charge in [-0.15, -0.1) is 0 Å². The topological polar surface area (TPSA) is 42.2 Å². The first-order chi connectivity index (χ1) is 27.2. The van der Waals surface area contributed by atoms with Gasteiger partial charge in [0.15, 0.2) is 6.20 Å². The van der Waals surface area contributed by atoms with Crippen molar-refractivity contribution >= 4 is 59.8 Å². The standard InChI is InChI=1S/C25H23BrN2.C15H11N2.C10H12Br2/c1-25(2,3)21-13-22(26)15-23(14-21)28-16-24(27-17-28)20-11-9-19(10-12-20)18-7-5-4-6-8-18;1-2-4-12(5-3-1)13-6-8-14(9-7-13)15-10-16-11-17-15;1-10(2,3)7-4-8(11)6-9(12)5-7/h4-17H,1-3H3;1-10H,(H,16,17);4-6H,1-3H3/q;+1;. The molecule has 7 aromatic rings. The van der Waals surface area contributed by atoms with Gasteiger partial charge in [0.2, 0.25) is 5.70 Å². The third kappa shape index (κ3) is 11.6. The molecule has 0 radical (unpaired) electrons. The van der Waals surface area contributed by atoms with Crippen LogP contribution in [0, 0.1) is 0 Å². The average molecular weight is 943 g/mol. The summed E-state index contributed by atoms with van der Waals surface area (Å²) < 4.78 is 5.42. The lowest BCUT2D eigenvalue weighted by molar-refractivity contribution is 0.589. The molecule has 0 atom stereocenters. The van der Waals surface area contributed by atoms with Gasteiger partial charge in [-0.2, -0.15) is 5.32 Å². The first-order valence-corrected chi connectivity index (χ1v) is 21.2. The van der Waals surface area contributed by atoms with Gasteiger partial charge in [0.25, 0.3) is 6.34 Å². The molecule has 8 rings (SSSR count). The number of imidazole rings is 1. The Morgan fingerprint density at radius 3 is 1.42 bits per heavy atom. The third-order valence-electron chi connectivity index (χ3n) is 9.38. The van der Waals surface area contributed by atoms with E-state index in [1.807, 2.05) is 36.8 Å². The normalized spacial score (nSPS) is 12.0. The number of aromatic nitrogens is 2. The lowest BCUT2D eigenvalue weighted by atomic mass is 9.87. The number of aliphatic imine (C=N–C) groups is 1. The fourth-order valence-corrected chi connectivity index (χ4v) is 7.83. The van der Waals surface area contributed by atoms with E-state index in [9.17, 15) is 0 Å². The van der Waals surface area contributed by atoms with Crippen LogP contribution in [0.25, 0.3) is 44.9 Å². The molecule has 1 aliphatic rings. The van der Waals surface area contributed by atoms with Gasteiger partial charge >= 0.3 is 0 Å². The molecule has 1 aromatic heterocycles. The van der Waals surface area contributed by atoms with Gasteiger partial charge in [0.1, 0.15) is 0 Å². The maximum absolute atomic E-state index is 4.63. The van der Waals surface area contributed by atoms with Gasteiger partial charge in [-0.3, -0.25) is 0 Å². The van der Waals surface area contributed by atoms with Gasteiger partial charge in [-0.1, -0.05) is 186 Å². The van der Waals surface area contributed by atoms with Crippen molar-refractivity contribution in [1.29, 1.82) is 0 Å². The van der Waals surface area contributed by atoms with E-state index in [-0.39, 0.29) is 10.8 Å². The molecule has 6 aromatic carbocycles. The summed E-state index contributed by atoms with van der Waals surface area (Å²) in [5, 5.41) is 2.84. The summed E-state index contributed by atoms with van der Waals surface area (Å²) in [6.45, 7) is 13.3. The molecule has 4 nitrogen and oxygen atoms in total. The molecule has 0 saturated carbocycles. The van der Waals surface area contributed by atoms with E-state index >= 15 is 0 Å². The minimum absolute atomic E-state index is 0.0925. The molecule has 1 aliphatic heterocycles. The van der Waals surface area contributed by atoms with Crippen molar-refractivity contribution in [3.8, 4) is 39.2 Å². The van der Waals surface area contributed by atoms with Crippen molar-refractivity contribution in [2.24, 2.45) is 4.99 Å². The van der Waals surface area contributed by atoms with E-state index in [2.05, 4.69) is 243 Å². The maximum atomic E-state index is 4.63. The Bertz CT molecular complexity index is 2430. The van der Waals surface area contributed by atoms with Crippen LogP contribution in [0.3, 0.4) is 0 Å². The molecule has 0 saturated heterocycles. The van der Waals surface area contributed by atoms with Crippen molar-refractivity contribution in [1.82, 2.24) is 14.9 Å². The molecule has 0 bridgehead atoms. The largest absolute Gasteiger partial charge is 0.306 e. The number of nitrogens with zero attached hydrogens (tertiary/aromatic N) is 3. The molecular weight excluding hydrogens is 896 g/mol. The lowest BCUT2D eigenvalue weighted by Gasteiger charge is -2.20. The van der Waals surface area contributed by atoms with Crippen molar-refractivity contribution < 1.29 is 0 Å². The Labute approximate surface area is 363 Å². The third-order valence-corrected chi connectivity index (χ3v) is 10.8. The number of nitrogens with one attached hydrogen (secondary N) is 1. The summed E-state index contributed by atoms with van der Waals surface area (Å²) in [6, 6.07) is 50.6. The van der Waals surface area contributed by atoms with Crippen LogP contribution < -0.4 is 5.32 Å². The quantitative estimate of drug-likeness (QED) is 0.175. The van der Waals surface area contributed by atoms with Gasteiger partial charge in [0, 0.05) is 30.9 Å². The summed E-state index contributed by atoms with van der Waals surface area (Å²) in [7, 11) is 0.